The maximum absolute atomic E-state index is 13.0. The minimum atomic E-state index is -0.540. The van der Waals surface area contributed by atoms with E-state index < -0.39 is 11.2 Å². The van der Waals surface area contributed by atoms with Crippen LogP contribution in [0.2, 0.25) is 0 Å². The van der Waals surface area contributed by atoms with Crippen molar-refractivity contribution in [3.63, 3.8) is 0 Å². The molecule has 0 bridgehead atoms. The average molecular weight is 701 g/mol. The fourth-order valence-corrected chi connectivity index (χ4v) is 7.86. The zero-order chi connectivity index (χ0) is 36.4. The first-order valence-electron chi connectivity index (χ1n) is 18.6. The standard InChI is InChI=1S/C42H48N6O4/c1-41(2,3)51-39(49)47-21-7-9-34(47)37-43-31-19-16-28(24-33(31)45-37)26-13-11-25(12-14-26)27-15-18-30-29(23-27)17-20-32-36(30)46-38(44-32)35-10-8-22-48(35)40(50)52-42(4,5)6/h11-16,18-19,23-24,34-35H,7-10,17,20-22H2,1-6H3,(H,43,45)(H,44,46)/t34-,35-/m0/s1. The number of imidazole rings is 2. The molecule has 4 heterocycles. The van der Waals surface area contributed by atoms with Gasteiger partial charge >= 0.3 is 12.2 Å². The van der Waals surface area contributed by atoms with Gasteiger partial charge in [0.1, 0.15) is 22.9 Å². The van der Waals surface area contributed by atoms with E-state index >= 15 is 0 Å². The fraction of sp³-hybridized carbons (Fsp3) is 0.429. The lowest BCUT2D eigenvalue weighted by Gasteiger charge is -2.27. The molecular weight excluding hydrogens is 652 g/mol. The van der Waals surface area contributed by atoms with Crippen molar-refractivity contribution >= 4 is 23.2 Å². The van der Waals surface area contributed by atoms with Gasteiger partial charge in [0, 0.05) is 24.3 Å². The number of aromatic amines is 2. The summed E-state index contributed by atoms with van der Waals surface area (Å²) in [6.45, 7) is 12.7. The van der Waals surface area contributed by atoms with Crippen molar-refractivity contribution in [1.29, 1.82) is 0 Å². The average Bonchev–Trinajstić information content (AvgIpc) is 3.91. The Bertz CT molecular complexity index is 2150. The third kappa shape index (κ3) is 6.66. The number of likely N-dealkylation sites (tertiary alicyclic amines) is 2. The molecule has 3 aliphatic rings. The minimum absolute atomic E-state index is 0.0976. The maximum Gasteiger partial charge on any atom is 0.410 e. The van der Waals surface area contributed by atoms with E-state index in [0.717, 1.165) is 94.8 Å². The Balaban J connectivity index is 0.985. The molecule has 52 heavy (non-hydrogen) atoms. The number of nitrogens with one attached hydrogen (secondary N) is 2. The minimum Gasteiger partial charge on any atom is -0.444 e. The summed E-state index contributed by atoms with van der Waals surface area (Å²) in [6, 6.07) is 21.5. The molecule has 2 aliphatic heterocycles. The molecule has 2 atom stereocenters. The number of carbonyl (C=O) groups is 2. The molecule has 5 aromatic rings. The Kier molecular flexibility index (Phi) is 8.38. The van der Waals surface area contributed by atoms with E-state index in [1.54, 1.807) is 4.90 Å². The van der Waals surface area contributed by atoms with E-state index in [2.05, 4.69) is 64.6 Å². The molecule has 0 unspecified atom stereocenters. The van der Waals surface area contributed by atoms with Crippen molar-refractivity contribution in [3.8, 4) is 33.5 Å². The fourth-order valence-electron chi connectivity index (χ4n) is 7.86. The molecule has 2 N–H and O–H groups in total. The third-order valence-corrected chi connectivity index (χ3v) is 10.2. The molecular formula is C42H48N6O4. The number of aromatic nitrogens is 4. The van der Waals surface area contributed by atoms with E-state index in [1.165, 1.54) is 11.1 Å². The van der Waals surface area contributed by atoms with Crippen LogP contribution in [-0.2, 0) is 22.3 Å². The molecule has 2 aromatic heterocycles. The van der Waals surface area contributed by atoms with Crippen LogP contribution < -0.4 is 0 Å². The van der Waals surface area contributed by atoms with Gasteiger partial charge in [-0.1, -0.05) is 48.5 Å². The van der Waals surface area contributed by atoms with Gasteiger partial charge in [-0.2, -0.15) is 0 Å². The molecule has 0 radical (unpaired) electrons. The van der Waals surface area contributed by atoms with E-state index in [9.17, 15) is 9.59 Å². The molecule has 10 nitrogen and oxygen atoms in total. The first-order chi connectivity index (χ1) is 24.8. The highest BCUT2D eigenvalue weighted by atomic mass is 16.6. The molecule has 0 saturated carbocycles. The van der Waals surface area contributed by atoms with Crippen LogP contribution >= 0.6 is 0 Å². The number of H-pyrrole nitrogens is 2. The third-order valence-electron chi connectivity index (χ3n) is 10.2. The van der Waals surface area contributed by atoms with E-state index in [1.807, 2.05) is 52.5 Å². The summed E-state index contributed by atoms with van der Waals surface area (Å²) in [7, 11) is 0. The molecule has 1 aliphatic carbocycles. The molecule has 10 heteroatoms. The largest absolute Gasteiger partial charge is 0.444 e. The van der Waals surface area contributed by atoms with Crippen molar-refractivity contribution in [3.05, 3.63) is 83.6 Å². The molecule has 270 valence electrons. The van der Waals surface area contributed by atoms with E-state index in [0.29, 0.717) is 13.1 Å². The van der Waals surface area contributed by atoms with Crippen molar-refractivity contribution < 1.29 is 19.1 Å². The van der Waals surface area contributed by atoms with Gasteiger partial charge in [0.15, 0.2) is 0 Å². The molecule has 8 rings (SSSR count). The maximum atomic E-state index is 13.0. The normalized spacial score (nSPS) is 18.8. The van der Waals surface area contributed by atoms with Gasteiger partial charge in [0.05, 0.1) is 28.8 Å². The van der Waals surface area contributed by atoms with E-state index in [4.69, 9.17) is 19.4 Å². The van der Waals surface area contributed by atoms with Gasteiger partial charge in [0.2, 0.25) is 0 Å². The number of ether oxygens (including phenoxy) is 2. The Hall–Kier alpha value is -5.12. The van der Waals surface area contributed by atoms with Crippen molar-refractivity contribution in [2.45, 2.75) is 103 Å². The zero-order valence-corrected chi connectivity index (χ0v) is 31.0. The van der Waals surface area contributed by atoms with Crippen LogP contribution in [0.1, 0.15) is 102 Å². The van der Waals surface area contributed by atoms with Crippen molar-refractivity contribution in [2.24, 2.45) is 0 Å². The zero-order valence-electron chi connectivity index (χ0n) is 31.0. The highest BCUT2D eigenvalue weighted by Gasteiger charge is 2.37. The van der Waals surface area contributed by atoms with Crippen LogP contribution in [0.3, 0.4) is 0 Å². The van der Waals surface area contributed by atoms with Crippen LogP contribution in [0.15, 0.2) is 60.7 Å². The highest BCUT2D eigenvalue weighted by Crippen LogP contribution is 2.39. The number of fused-ring (bicyclic) bond motifs is 4. The van der Waals surface area contributed by atoms with E-state index in [-0.39, 0.29) is 24.3 Å². The Morgan fingerprint density at radius 1 is 0.673 bits per heavy atom. The van der Waals surface area contributed by atoms with Crippen LogP contribution in [0.4, 0.5) is 9.59 Å². The van der Waals surface area contributed by atoms with Crippen LogP contribution in [0.5, 0.6) is 0 Å². The number of amides is 2. The predicted octanol–water partition coefficient (Wildman–Crippen LogP) is 9.53. The summed E-state index contributed by atoms with van der Waals surface area (Å²) in [4.78, 5) is 46.5. The van der Waals surface area contributed by atoms with Crippen molar-refractivity contribution in [1.82, 2.24) is 29.7 Å². The SMILES string of the molecule is CC(C)(C)OC(=O)N1CCC[C@H]1c1nc2c([nH]1)CCc1cc(-c3ccc(-c4ccc5nc([C@@H]6CCCN6C(=O)OC(C)(C)C)[nH]c5c4)cc3)ccc1-2. The number of aryl methyl sites for hydroxylation is 2. The number of nitrogens with zero attached hydrogens (tertiary/aromatic N) is 4. The van der Waals surface area contributed by atoms with Crippen molar-refractivity contribution in [2.75, 3.05) is 13.1 Å². The lowest BCUT2D eigenvalue weighted by atomic mass is 9.89. The highest BCUT2D eigenvalue weighted by molar-refractivity contribution is 5.83. The van der Waals surface area contributed by atoms with Crippen LogP contribution in [0.25, 0.3) is 44.5 Å². The molecule has 2 fully saturated rings. The topological polar surface area (TPSA) is 116 Å². The van der Waals surface area contributed by atoms with Crippen LogP contribution in [-0.4, -0.2) is 66.2 Å². The number of benzene rings is 3. The lowest BCUT2D eigenvalue weighted by molar-refractivity contribution is 0.0208. The van der Waals surface area contributed by atoms with Gasteiger partial charge in [-0.3, -0.25) is 9.80 Å². The molecule has 3 aromatic carbocycles. The van der Waals surface area contributed by atoms with Gasteiger partial charge in [-0.15, -0.1) is 0 Å². The summed E-state index contributed by atoms with van der Waals surface area (Å²) in [5.74, 6) is 1.66. The summed E-state index contributed by atoms with van der Waals surface area (Å²) in [5, 5.41) is 0. The quantitative estimate of drug-likeness (QED) is 0.193. The van der Waals surface area contributed by atoms with Gasteiger partial charge in [-0.05, 0) is 120 Å². The summed E-state index contributed by atoms with van der Waals surface area (Å²) >= 11 is 0. The number of hydrogen-bond donors (Lipinski definition) is 2. The summed E-state index contributed by atoms with van der Waals surface area (Å²) in [6.07, 6.45) is 4.83. The predicted molar refractivity (Wildman–Crippen MR) is 202 cm³/mol. The summed E-state index contributed by atoms with van der Waals surface area (Å²) < 4.78 is 11.4. The molecule has 2 amide bonds. The number of rotatable bonds is 4. The second-order valence-corrected chi connectivity index (χ2v) is 16.4. The smallest absolute Gasteiger partial charge is 0.410 e. The Labute approximate surface area is 304 Å². The number of carbonyl (C=O) groups excluding carboxylic acids is 2. The second kappa shape index (κ2) is 12.8. The monoisotopic (exact) mass is 700 g/mol. The molecule has 0 spiro atoms. The summed E-state index contributed by atoms with van der Waals surface area (Å²) in [5.41, 5.74) is 9.91. The van der Waals surface area contributed by atoms with Gasteiger partial charge in [0.25, 0.3) is 0 Å². The lowest BCUT2D eigenvalue weighted by Crippen LogP contribution is -2.36. The van der Waals surface area contributed by atoms with Gasteiger partial charge in [-0.25, -0.2) is 19.6 Å². The number of hydrogen-bond acceptors (Lipinski definition) is 6. The first kappa shape index (κ1) is 34.0. The second-order valence-electron chi connectivity index (χ2n) is 16.4. The Morgan fingerprint density at radius 3 is 1.81 bits per heavy atom. The van der Waals surface area contributed by atoms with Gasteiger partial charge < -0.3 is 19.4 Å². The first-order valence-corrected chi connectivity index (χ1v) is 18.6. The van der Waals surface area contributed by atoms with Crippen LogP contribution in [0, 0.1) is 0 Å². The Morgan fingerprint density at radius 2 is 1.21 bits per heavy atom. The molecule has 2 saturated heterocycles.